The zero-order chi connectivity index (χ0) is 23.2. The first kappa shape index (κ1) is 21.7. The summed E-state index contributed by atoms with van der Waals surface area (Å²) in [4.78, 5) is 15.6. The van der Waals surface area contributed by atoms with Gasteiger partial charge in [-0.2, -0.15) is 0 Å². The van der Waals surface area contributed by atoms with Gasteiger partial charge >= 0.3 is 0 Å². The molecule has 2 bridgehead atoms. The molecule has 33 heavy (non-hydrogen) atoms. The fourth-order valence-corrected chi connectivity index (χ4v) is 5.43. The molecule has 0 radical (unpaired) electrons. The van der Waals surface area contributed by atoms with Crippen molar-refractivity contribution < 1.29 is 14.3 Å². The fourth-order valence-electron chi connectivity index (χ4n) is 4.63. The van der Waals surface area contributed by atoms with Crippen LogP contribution in [0.25, 0.3) is 0 Å². The van der Waals surface area contributed by atoms with E-state index in [1.54, 1.807) is 7.11 Å². The third-order valence-electron chi connectivity index (χ3n) is 6.11. The van der Waals surface area contributed by atoms with Crippen molar-refractivity contribution in [1.82, 2.24) is 5.32 Å². The number of nitrogens with zero attached hydrogens (tertiary/aromatic N) is 1. The number of hydrogen-bond acceptors (Lipinski definition) is 4. The van der Waals surface area contributed by atoms with E-state index in [0.29, 0.717) is 10.8 Å². The molecule has 0 aromatic heterocycles. The van der Waals surface area contributed by atoms with Gasteiger partial charge in [-0.3, -0.25) is 9.69 Å². The molecule has 8 heteroatoms. The lowest BCUT2D eigenvalue weighted by molar-refractivity contribution is -0.130. The number of amides is 1. The second kappa shape index (κ2) is 8.35. The van der Waals surface area contributed by atoms with Crippen molar-refractivity contribution in [3.05, 3.63) is 82.8 Å². The van der Waals surface area contributed by atoms with E-state index in [4.69, 9.17) is 21.7 Å². The molecule has 3 aromatic rings. The summed E-state index contributed by atoms with van der Waals surface area (Å²) in [7, 11) is 1.61. The molecule has 0 saturated carbocycles. The molecule has 1 amide bonds. The first-order valence-corrected chi connectivity index (χ1v) is 11.7. The first-order chi connectivity index (χ1) is 15.9. The Morgan fingerprint density at radius 1 is 1.15 bits per heavy atom. The summed E-state index contributed by atoms with van der Waals surface area (Å²) in [6.07, 6.45) is 0. The van der Waals surface area contributed by atoms with Crippen molar-refractivity contribution in [2.24, 2.45) is 5.92 Å². The number of carbonyl (C=O) groups is 1. The van der Waals surface area contributed by atoms with Crippen LogP contribution in [0.15, 0.2) is 77.3 Å². The molecule has 5 rings (SSSR count). The molecule has 1 fully saturated rings. The van der Waals surface area contributed by atoms with Gasteiger partial charge in [0.2, 0.25) is 5.91 Å². The molecule has 1 saturated heterocycles. The van der Waals surface area contributed by atoms with Crippen LogP contribution in [0.4, 0.5) is 11.4 Å². The zero-order valence-electron chi connectivity index (χ0n) is 18.0. The second-order valence-corrected chi connectivity index (χ2v) is 9.43. The molecule has 3 aromatic carbocycles. The highest BCUT2D eigenvalue weighted by atomic mass is 79.9. The molecule has 0 aliphatic carbocycles. The maximum atomic E-state index is 13.8. The molecule has 0 unspecified atom stereocenters. The summed E-state index contributed by atoms with van der Waals surface area (Å²) >= 11 is 9.32. The number of anilines is 2. The van der Waals surface area contributed by atoms with Gasteiger partial charge in [0.25, 0.3) is 0 Å². The van der Waals surface area contributed by atoms with E-state index < -0.39 is 11.6 Å². The monoisotopic (exact) mass is 523 g/mol. The van der Waals surface area contributed by atoms with Crippen molar-refractivity contribution in [2.45, 2.75) is 18.7 Å². The maximum Gasteiger partial charge on any atom is 0.236 e. The Kier molecular flexibility index (Phi) is 5.50. The van der Waals surface area contributed by atoms with Crippen LogP contribution in [0.2, 0.25) is 0 Å². The molecule has 3 atom stereocenters. The van der Waals surface area contributed by atoms with Gasteiger partial charge < -0.3 is 20.1 Å². The smallest absolute Gasteiger partial charge is 0.236 e. The zero-order valence-corrected chi connectivity index (χ0v) is 20.4. The number of carbonyl (C=O) groups excluding carboxylic acids is 1. The highest BCUT2D eigenvalue weighted by Gasteiger charge is 2.59. The van der Waals surface area contributed by atoms with Crippen LogP contribution in [0, 0.1) is 5.92 Å². The number of ether oxygens (including phenoxy) is 2. The topological polar surface area (TPSA) is 62.8 Å². The van der Waals surface area contributed by atoms with Crippen LogP contribution in [-0.2, 0) is 4.79 Å². The number of thiocarbonyl (C=S) groups is 1. The van der Waals surface area contributed by atoms with Gasteiger partial charge in [0.05, 0.1) is 13.2 Å². The van der Waals surface area contributed by atoms with E-state index in [0.717, 1.165) is 27.2 Å². The van der Waals surface area contributed by atoms with Crippen molar-refractivity contribution >= 4 is 50.5 Å². The van der Waals surface area contributed by atoms with Crippen LogP contribution in [0.5, 0.6) is 11.5 Å². The summed E-state index contributed by atoms with van der Waals surface area (Å²) < 4.78 is 12.7. The molecule has 2 heterocycles. The Morgan fingerprint density at radius 2 is 1.91 bits per heavy atom. The van der Waals surface area contributed by atoms with Crippen molar-refractivity contribution in [2.75, 3.05) is 17.3 Å². The molecule has 2 aliphatic heterocycles. The minimum atomic E-state index is -1.06. The molecule has 0 spiro atoms. The summed E-state index contributed by atoms with van der Waals surface area (Å²) in [5, 5.41) is 6.97. The number of para-hydroxylation sites is 1. The summed E-state index contributed by atoms with van der Waals surface area (Å²) in [5.41, 5.74) is 1.35. The Morgan fingerprint density at radius 3 is 2.64 bits per heavy atom. The van der Waals surface area contributed by atoms with Gasteiger partial charge in [-0.15, -0.1) is 0 Å². The van der Waals surface area contributed by atoms with Gasteiger partial charge in [0, 0.05) is 21.4 Å². The van der Waals surface area contributed by atoms with E-state index >= 15 is 0 Å². The number of methoxy groups -OCH3 is 1. The van der Waals surface area contributed by atoms with Crippen LogP contribution in [0.1, 0.15) is 18.5 Å². The summed E-state index contributed by atoms with van der Waals surface area (Å²) in [5.74, 6) is 0.686. The first-order valence-electron chi connectivity index (χ1n) is 10.5. The third kappa shape index (κ3) is 3.73. The standard InChI is InChI=1S/C25H22BrN3O3S/c1-25-21(23(30)27-16-10-12-18(31-2)13-11-16)22(19-8-3-4-9-20(19)32-25)28-24(33)29(25)17-7-5-6-15(26)14-17/h3-14,21-22H,1-2H3,(H,27,30)(H,28,33)/t21-,22+,25+/m0/s1. The third-order valence-corrected chi connectivity index (χ3v) is 6.91. The molecular weight excluding hydrogens is 502 g/mol. The van der Waals surface area contributed by atoms with E-state index in [2.05, 4.69) is 26.6 Å². The number of hydrogen-bond donors (Lipinski definition) is 2. The number of nitrogens with one attached hydrogen (secondary N) is 2. The predicted molar refractivity (Wildman–Crippen MR) is 136 cm³/mol. The number of benzene rings is 3. The van der Waals surface area contributed by atoms with E-state index in [1.165, 1.54) is 0 Å². The highest BCUT2D eigenvalue weighted by Crippen LogP contribution is 2.49. The van der Waals surface area contributed by atoms with Crippen LogP contribution >= 0.6 is 28.1 Å². The van der Waals surface area contributed by atoms with Gasteiger partial charge in [0.15, 0.2) is 10.8 Å². The van der Waals surface area contributed by atoms with Crippen LogP contribution in [0.3, 0.4) is 0 Å². The molecule has 2 N–H and O–H groups in total. The average molecular weight is 524 g/mol. The molecular formula is C25H22BrN3O3S. The number of rotatable bonds is 4. The van der Waals surface area contributed by atoms with Crippen molar-refractivity contribution in [3.63, 3.8) is 0 Å². The Bertz CT molecular complexity index is 1240. The van der Waals surface area contributed by atoms with E-state index in [-0.39, 0.29) is 11.9 Å². The van der Waals surface area contributed by atoms with Gasteiger partial charge in [-0.05, 0) is 67.7 Å². The van der Waals surface area contributed by atoms with Gasteiger partial charge in [-0.1, -0.05) is 40.2 Å². The Hall–Kier alpha value is -3.10. The lowest BCUT2D eigenvalue weighted by Gasteiger charge is -2.56. The van der Waals surface area contributed by atoms with Crippen molar-refractivity contribution in [1.29, 1.82) is 0 Å². The van der Waals surface area contributed by atoms with Gasteiger partial charge in [0.1, 0.15) is 17.4 Å². The quantitative estimate of drug-likeness (QED) is 0.455. The lowest BCUT2D eigenvalue weighted by atomic mass is 9.78. The van der Waals surface area contributed by atoms with E-state index in [1.807, 2.05) is 84.6 Å². The minimum absolute atomic E-state index is 0.169. The van der Waals surface area contributed by atoms with Crippen molar-refractivity contribution in [3.8, 4) is 11.5 Å². The minimum Gasteiger partial charge on any atom is -0.497 e. The summed E-state index contributed by atoms with van der Waals surface area (Å²) in [6, 6.07) is 22.5. The largest absolute Gasteiger partial charge is 0.497 e. The predicted octanol–water partition coefficient (Wildman–Crippen LogP) is 5.26. The average Bonchev–Trinajstić information content (AvgIpc) is 2.79. The summed E-state index contributed by atoms with van der Waals surface area (Å²) in [6.45, 7) is 1.92. The Labute approximate surface area is 206 Å². The molecule has 6 nitrogen and oxygen atoms in total. The normalized spacial score (nSPS) is 23.1. The van der Waals surface area contributed by atoms with Crippen LogP contribution in [-0.4, -0.2) is 23.9 Å². The van der Waals surface area contributed by atoms with Crippen LogP contribution < -0.4 is 25.0 Å². The number of fused-ring (bicyclic) bond motifs is 4. The molecule has 168 valence electrons. The van der Waals surface area contributed by atoms with Gasteiger partial charge in [-0.25, -0.2) is 0 Å². The van der Waals surface area contributed by atoms with E-state index in [9.17, 15) is 4.79 Å². The maximum absolute atomic E-state index is 13.8. The molecule has 2 aliphatic rings. The fraction of sp³-hybridized carbons (Fsp3) is 0.200. The highest BCUT2D eigenvalue weighted by molar-refractivity contribution is 9.10. The SMILES string of the molecule is COc1ccc(NC(=O)[C@@H]2[C@@H]3NC(=S)N(c4cccc(Br)c4)[C@]2(C)Oc2ccccc23)cc1. The lowest BCUT2D eigenvalue weighted by Crippen LogP contribution is -2.72. The number of halogens is 1. The second-order valence-electron chi connectivity index (χ2n) is 8.13. The Balaban J connectivity index is 1.59.